The van der Waals surface area contributed by atoms with E-state index in [4.69, 9.17) is 21.8 Å². The number of furan rings is 1. The van der Waals surface area contributed by atoms with Crippen LogP contribution in [-0.2, 0) is 7.05 Å². The van der Waals surface area contributed by atoms with E-state index in [2.05, 4.69) is 5.10 Å². The van der Waals surface area contributed by atoms with Crippen molar-refractivity contribution < 1.29 is 4.42 Å². The van der Waals surface area contributed by atoms with Gasteiger partial charge in [0.2, 0.25) is 0 Å². The normalized spacial score (nSPS) is 13.1. The molecule has 0 saturated heterocycles. The molecule has 4 nitrogen and oxygen atoms in total. The lowest BCUT2D eigenvalue weighted by molar-refractivity contribution is 0.564. The molecule has 2 aromatic rings. The van der Waals surface area contributed by atoms with Crippen LogP contribution in [0.2, 0.25) is 5.22 Å². The van der Waals surface area contributed by atoms with Gasteiger partial charge in [0.15, 0.2) is 5.22 Å². The molecule has 1 atom stereocenters. The fourth-order valence-corrected chi connectivity index (χ4v) is 1.54. The van der Waals surface area contributed by atoms with E-state index in [1.165, 1.54) is 6.26 Å². The molecule has 0 spiro atoms. The number of halogens is 1. The van der Waals surface area contributed by atoms with Crippen LogP contribution in [0.15, 0.2) is 29.1 Å². The number of nitrogens with zero attached hydrogens (tertiary/aromatic N) is 2. The first kappa shape index (κ1) is 9.30. The van der Waals surface area contributed by atoms with Crippen molar-refractivity contribution in [2.75, 3.05) is 0 Å². The third kappa shape index (κ3) is 1.54. The molecular formula is C9H10ClN3O. The van der Waals surface area contributed by atoms with Gasteiger partial charge in [-0.2, -0.15) is 5.10 Å². The third-order valence-electron chi connectivity index (χ3n) is 2.07. The van der Waals surface area contributed by atoms with Crippen molar-refractivity contribution in [2.24, 2.45) is 12.8 Å². The monoisotopic (exact) mass is 211 g/mol. The summed E-state index contributed by atoms with van der Waals surface area (Å²) in [5.41, 5.74) is 7.67. The fraction of sp³-hybridized carbons (Fsp3) is 0.222. The molecule has 0 fully saturated rings. The van der Waals surface area contributed by atoms with Gasteiger partial charge >= 0.3 is 0 Å². The maximum absolute atomic E-state index is 5.98. The molecule has 0 aromatic carbocycles. The lowest BCUT2D eigenvalue weighted by atomic mass is 10.1. The van der Waals surface area contributed by atoms with Crippen LogP contribution in [0.5, 0.6) is 0 Å². The molecule has 1 unspecified atom stereocenters. The van der Waals surface area contributed by atoms with Crippen LogP contribution in [0, 0.1) is 0 Å². The molecule has 0 aliphatic carbocycles. The van der Waals surface area contributed by atoms with Gasteiger partial charge in [0.1, 0.15) is 0 Å². The van der Waals surface area contributed by atoms with Gasteiger partial charge in [-0.05, 0) is 17.7 Å². The summed E-state index contributed by atoms with van der Waals surface area (Å²) < 4.78 is 6.67. The van der Waals surface area contributed by atoms with Crippen molar-refractivity contribution in [3.8, 4) is 0 Å². The van der Waals surface area contributed by atoms with Gasteiger partial charge in [-0.3, -0.25) is 4.68 Å². The molecule has 2 N–H and O–H groups in total. The Bertz CT molecular complexity index is 435. The van der Waals surface area contributed by atoms with E-state index in [1.807, 2.05) is 13.2 Å². The topological polar surface area (TPSA) is 57.0 Å². The van der Waals surface area contributed by atoms with Crippen LogP contribution >= 0.6 is 11.6 Å². The van der Waals surface area contributed by atoms with Crippen LogP contribution in [-0.4, -0.2) is 9.78 Å². The van der Waals surface area contributed by atoms with E-state index in [9.17, 15) is 0 Å². The van der Waals surface area contributed by atoms with Gasteiger partial charge in [0.25, 0.3) is 0 Å². The van der Waals surface area contributed by atoms with E-state index in [1.54, 1.807) is 16.9 Å². The first-order valence-corrected chi connectivity index (χ1v) is 4.53. The Kier molecular flexibility index (Phi) is 2.31. The smallest absolute Gasteiger partial charge is 0.198 e. The molecule has 74 valence electrons. The Morgan fingerprint density at radius 1 is 1.64 bits per heavy atom. The van der Waals surface area contributed by atoms with Gasteiger partial charge in [-0.25, -0.2) is 0 Å². The lowest BCUT2D eigenvalue weighted by Crippen LogP contribution is -2.10. The molecule has 2 aromatic heterocycles. The van der Waals surface area contributed by atoms with Crippen molar-refractivity contribution in [3.05, 3.63) is 41.1 Å². The summed E-state index contributed by atoms with van der Waals surface area (Å²) in [5.74, 6) is 0. The van der Waals surface area contributed by atoms with Crippen molar-refractivity contribution in [1.29, 1.82) is 0 Å². The number of aromatic nitrogens is 2. The van der Waals surface area contributed by atoms with Crippen molar-refractivity contribution in [2.45, 2.75) is 6.04 Å². The number of nitrogens with two attached hydrogens (primary N) is 1. The molecule has 5 heteroatoms. The minimum absolute atomic E-state index is 0.282. The molecule has 0 saturated carbocycles. The quantitative estimate of drug-likeness (QED) is 0.823. The van der Waals surface area contributed by atoms with E-state index in [-0.39, 0.29) is 6.04 Å². The molecule has 0 bridgehead atoms. The zero-order valence-electron chi connectivity index (χ0n) is 7.64. The summed E-state index contributed by atoms with van der Waals surface area (Å²) in [6.45, 7) is 0. The standard InChI is InChI=1S/C9H10ClN3O/c1-13-5-6(4-12-13)8(11)7-2-3-14-9(7)10/h2-5,8H,11H2,1H3. The Hall–Kier alpha value is -1.26. The number of aryl methyl sites for hydroxylation is 1. The van der Waals surface area contributed by atoms with Gasteiger partial charge < -0.3 is 10.2 Å². The van der Waals surface area contributed by atoms with Crippen molar-refractivity contribution in [1.82, 2.24) is 9.78 Å². The predicted molar refractivity (Wildman–Crippen MR) is 53.0 cm³/mol. The SMILES string of the molecule is Cn1cc(C(N)c2ccoc2Cl)cn1. The minimum atomic E-state index is -0.282. The first-order valence-electron chi connectivity index (χ1n) is 4.15. The molecule has 0 aliphatic heterocycles. The maximum Gasteiger partial charge on any atom is 0.198 e. The van der Waals surface area contributed by atoms with Gasteiger partial charge in [0, 0.05) is 24.4 Å². The number of rotatable bonds is 2. The summed E-state index contributed by atoms with van der Waals surface area (Å²) in [4.78, 5) is 0. The van der Waals surface area contributed by atoms with Crippen LogP contribution < -0.4 is 5.73 Å². The first-order chi connectivity index (χ1) is 6.68. The van der Waals surface area contributed by atoms with Crippen molar-refractivity contribution in [3.63, 3.8) is 0 Å². The average Bonchev–Trinajstić information content (AvgIpc) is 2.73. The third-order valence-corrected chi connectivity index (χ3v) is 2.37. The zero-order valence-corrected chi connectivity index (χ0v) is 8.40. The minimum Gasteiger partial charge on any atom is -0.453 e. The Balaban J connectivity index is 2.33. The van der Waals surface area contributed by atoms with Crippen LogP contribution in [0.1, 0.15) is 17.2 Å². The fourth-order valence-electron chi connectivity index (χ4n) is 1.31. The van der Waals surface area contributed by atoms with E-state index in [0.29, 0.717) is 5.22 Å². The predicted octanol–water partition coefficient (Wildman–Crippen LogP) is 1.71. The maximum atomic E-state index is 5.98. The van der Waals surface area contributed by atoms with Crippen LogP contribution in [0.4, 0.5) is 0 Å². The second kappa shape index (κ2) is 3.48. The van der Waals surface area contributed by atoms with E-state index < -0.39 is 0 Å². The highest BCUT2D eigenvalue weighted by Crippen LogP contribution is 2.26. The van der Waals surface area contributed by atoms with Crippen molar-refractivity contribution >= 4 is 11.6 Å². The Morgan fingerprint density at radius 2 is 2.43 bits per heavy atom. The van der Waals surface area contributed by atoms with E-state index >= 15 is 0 Å². The lowest BCUT2D eigenvalue weighted by Gasteiger charge is -2.06. The highest BCUT2D eigenvalue weighted by Gasteiger charge is 2.15. The molecular weight excluding hydrogens is 202 g/mol. The summed E-state index contributed by atoms with van der Waals surface area (Å²) in [6.07, 6.45) is 5.09. The van der Waals surface area contributed by atoms with Crippen LogP contribution in [0.25, 0.3) is 0 Å². The number of hydrogen-bond donors (Lipinski definition) is 1. The highest BCUT2D eigenvalue weighted by molar-refractivity contribution is 6.29. The molecule has 2 heterocycles. The number of hydrogen-bond acceptors (Lipinski definition) is 3. The van der Waals surface area contributed by atoms with Gasteiger partial charge in [-0.1, -0.05) is 0 Å². The molecule has 0 radical (unpaired) electrons. The highest BCUT2D eigenvalue weighted by atomic mass is 35.5. The second-order valence-electron chi connectivity index (χ2n) is 3.07. The average molecular weight is 212 g/mol. The van der Waals surface area contributed by atoms with Gasteiger partial charge in [0.05, 0.1) is 18.5 Å². The Labute approximate surface area is 86.3 Å². The molecule has 2 rings (SSSR count). The summed E-state index contributed by atoms with van der Waals surface area (Å²) in [7, 11) is 1.84. The molecule has 14 heavy (non-hydrogen) atoms. The van der Waals surface area contributed by atoms with Crippen LogP contribution in [0.3, 0.4) is 0 Å². The second-order valence-corrected chi connectivity index (χ2v) is 3.42. The zero-order chi connectivity index (χ0) is 10.1. The van der Waals surface area contributed by atoms with E-state index in [0.717, 1.165) is 11.1 Å². The summed E-state index contributed by atoms with van der Waals surface area (Å²) >= 11 is 5.82. The summed E-state index contributed by atoms with van der Waals surface area (Å²) in [6, 6.07) is 1.48. The largest absolute Gasteiger partial charge is 0.453 e. The molecule has 0 aliphatic rings. The summed E-state index contributed by atoms with van der Waals surface area (Å²) in [5, 5.41) is 4.37. The Morgan fingerprint density at radius 3 is 2.93 bits per heavy atom. The molecule has 0 amide bonds. The van der Waals surface area contributed by atoms with Gasteiger partial charge in [-0.15, -0.1) is 0 Å².